The molecule has 0 unspecified atom stereocenters. The lowest BCUT2D eigenvalue weighted by Crippen LogP contribution is -2.17. The highest BCUT2D eigenvalue weighted by atomic mass is 16.3. The van der Waals surface area contributed by atoms with E-state index in [0.29, 0.717) is 24.1 Å². The molecule has 0 aliphatic heterocycles. The number of benzene rings is 6. The summed E-state index contributed by atoms with van der Waals surface area (Å²) in [5, 5.41) is 2.16. The van der Waals surface area contributed by atoms with E-state index in [9.17, 15) is 0 Å². The fourth-order valence-corrected chi connectivity index (χ4v) is 5.25. The summed E-state index contributed by atoms with van der Waals surface area (Å²) in [6.07, 6.45) is 0. The lowest BCUT2D eigenvalue weighted by Gasteiger charge is -2.15. The second kappa shape index (κ2) is 11.6. The van der Waals surface area contributed by atoms with Crippen LogP contribution < -0.4 is 5.73 Å². The Labute approximate surface area is 249 Å². The molecule has 0 aliphatic rings. The van der Waals surface area contributed by atoms with Gasteiger partial charge >= 0.3 is 0 Å². The van der Waals surface area contributed by atoms with Gasteiger partial charge in [0.2, 0.25) is 5.89 Å². The predicted molar refractivity (Wildman–Crippen MR) is 176 cm³/mol. The molecule has 0 atom stereocenters. The first-order chi connectivity index (χ1) is 21.2. The number of nitrogens with two attached hydrogens (primary N) is 1. The third kappa shape index (κ3) is 5.44. The number of hydrogen-bond acceptors (Lipinski definition) is 3. The second-order valence-electron chi connectivity index (χ2n) is 10.3. The molecule has 0 saturated heterocycles. The quantitative estimate of drug-likeness (QED) is 0.164. The van der Waals surface area contributed by atoms with Crippen LogP contribution in [0.4, 0.5) is 0 Å². The number of aromatic nitrogens is 1. The molecule has 0 spiro atoms. The van der Waals surface area contributed by atoms with Gasteiger partial charge < -0.3 is 10.2 Å². The van der Waals surface area contributed by atoms with Crippen LogP contribution >= 0.6 is 0 Å². The molecule has 0 fully saturated rings. The summed E-state index contributed by atoms with van der Waals surface area (Å²) < 4.78 is 6.02. The van der Waals surface area contributed by atoms with Gasteiger partial charge in [-0.2, -0.15) is 0 Å². The van der Waals surface area contributed by atoms with Gasteiger partial charge in [-0.3, -0.25) is 4.99 Å². The zero-order valence-corrected chi connectivity index (χ0v) is 23.4. The largest absolute Gasteiger partial charge is 0.436 e. The zero-order valence-electron chi connectivity index (χ0n) is 23.4. The lowest BCUT2D eigenvalue weighted by atomic mass is 9.93. The molecule has 1 aromatic heterocycles. The average molecular weight is 557 g/mol. The van der Waals surface area contributed by atoms with E-state index >= 15 is 0 Å². The number of para-hydroxylation sites is 2. The van der Waals surface area contributed by atoms with E-state index in [1.807, 2.05) is 97.1 Å². The molecule has 0 radical (unpaired) electrons. The molecule has 7 aromatic rings. The fourth-order valence-electron chi connectivity index (χ4n) is 5.25. The Kier molecular flexibility index (Phi) is 7.04. The van der Waals surface area contributed by atoms with Crippen molar-refractivity contribution in [3.05, 3.63) is 162 Å². The molecule has 206 valence electrons. The van der Waals surface area contributed by atoms with Crippen molar-refractivity contribution in [3.8, 4) is 22.6 Å². The number of oxazole rings is 1. The van der Waals surface area contributed by atoms with Crippen molar-refractivity contribution in [3.63, 3.8) is 0 Å². The maximum Gasteiger partial charge on any atom is 0.227 e. The van der Waals surface area contributed by atoms with Gasteiger partial charge in [0, 0.05) is 16.7 Å². The van der Waals surface area contributed by atoms with Gasteiger partial charge in [-0.15, -0.1) is 0 Å². The summed E-state index contributed by atoms with van der Waals surface area (Å²) in [6, 6.07) is 48.7. The molecule has 0 saturated carbocycles. The average Bonchev–Trinajstić information content (AvgIpc) is 3.52. The van der Waals surface area contributed by atoms with E-state index in [1.54, 1.807) is 0 Å². The van der Waals surface area contributed by atoms with Crippen LogP contribution in [0, 0.1) is 0 Å². The van der Waals surface area contributed by atoms with E-state index in [0.717, 1.165) is 55.3 Å². The van der Waals surface area contributed by atoms with Gasteiger partial charge in [0.1, 0.15) is 11.4 Å². The number of rotatable bonds is 6. The van der Waals surface area contributed by atoms with Gasteiger partial charge in [-0.05, 0) is 51.7 Å². The SMILES string of the molecule is N/C(=N\C(=N/Cc1ccccc1)c1c(-c2ccc(-c3nc4ccccc4o3)cc2)ccc2ccccc12)c1ccccc1. The third-order valence-electron chi connectivity index (χ3n) is 7.44. The second-order valence-corrected chi connectivity index (χ2v) is 10.3. The lowest BCUT2D eigenvalue weighted by molar-refractivity contribution is 0.620. The number of hydrogen-bond donors (Lipinski definition) is 1. The fraction of sp³-hybridized carbons (Fsp3) is 0.0263. The molecule has 2 N–H and O–H groups in total. The van der Waals surface area contributed by atoms with Crippen LogP contribution in [-0.2, 0) is 6.54 Å². The highest BCUT2D eigenvalue weighted by Gasteiger charge is 2.17. The predicted octanol–water partition coefficient (Wildman–Crippen LogP) is 8.67. The highest BCUT2D eigenvalue weighted by molar-refractivity contribution is 6.19. The van der Waals surface area contributed by atoms with Crippen molar-refractivity contribution in [2.75, 3.05) is 0 Å². The van der Waals surface area contributed by atoms with Gasteiger partial charge in [-0.25, -0.2) is 9.98 Å². The number of aliphatic imine (C=N–C) groups is 2. The highest BCUT2D eigenvalue weighted by Crippen LogP contribution is 2.33. The minimum atomic E-state index is 0.414. The van der Waals surface area contributed by atoms with Gasteiger partial charge in [0.25, 0.3) is 0 Å². The van der Waals surface area contributed by atoms with Crippen LogP contribution in [0.15, 0.2) is 160 Å². The molecule has 43 heavy (non-hydrogen) atoms. The number of fused-ring (bicyclic) bond motifs is 2. The third-order valence-corrected chi connectivity index (χ3v) is 7.44. The molecule has 1 heterocycles. The minimum Gasteiger partial charge on any atom is -0.436 e. The monoisotopic (exact) mass is 556 g/mol. The van der Waals surface area contributed by atoms with Gasteiger partial charge in [0.15, 0.2) is 11.4 Å². The van der Waals surface area contributed by atoms with Crippen LogP contribution in [0.3, 0.4) is 0 Å². The van der Waals surface area contributed by atoms with E-state index < -0.39 is 0 Å². The van der Waals surface area contributed by atoms with Gasteiger partial charge in [0.05, 0.1) is 6.54 Å². The van der Waals surface area contributed by atoms with E-state index in [1.165, 1.54) is 0 Å². The van der Waals surface area contributed by atoms with Gasteiger partial charge in [-0.1, -0.05) is 121 Å². The maximum atomic E-state index is 6.60. The summed E-state index contributed by atoms with van der Waals surface area (Å²) in [4.78, 5) is 14.7. The maximum absolute atomic E-state index is 6.60. The van der Waals surface area contributed by atoms with Crippen LogP contribution in [-0.4, -0.2) is 16.7 Å². The summed E-state index contributed by atoms with van der Waals surface area (Å²) in [5.41, 5.74) is 14.0. The Morgan fingerprint density at radius 2 is 1.33 bits per heavy atom. The molecule has 0 bridgehead atoms. The molecule has 0 amide bonds. The minimum absolute atomic E-state index is 0.414. The van der Waals surface area contributed by atoms with Crippen LogP contribution in [0.2, 0.25) is 0 Å². The first-order valence-corrected chi connectivity index (χ1v) is 14.2. The molecule has 5 heteroatoms. The standard InChI is InChI=1S/C38H28N4O/c39-36(29-14-5-2-6-15-29)42-37(40-25-26-11-3-1-4-12-26)35-31-16-8-7-13-27(31)23-24-32(35)28-19-21-30(22-20-28)38-41-33-17-9-10-18-34(33)43-38/h1-24H,25H2,(H2,39,40,42). The van der Waals surface area contributed by atoms with Crippen molar-refractivity contribution < 1.29 is 4.42 Å². The summed E-state index contributed by atoms with van der Waals surface area (Å²) in [6.45, 7) is 0.473. The number of nitrogens with zero attached hydrogens (tertiary/aromatic N) is 3. The Bertz CT molecular complexity index is 2060. The molecule has 7 rings (SSSR count). The summed E-state index contributed by atoms with van der Waals surface area (Å²) in [7, 11) is 0. The van der Waals surface area contributed by atoms with Crippen LogP contribution in [0.1, 0.15) is 16.7 Å². The van der Waals surface area contributed by atoms with Crippen LogP contribution in [0.5, 0.6) is 0 Å². The Balaban J connectivity index is 1.38. The smallest absolute Gasteiger partial charge is 0.227 e. The molecular weight excluding hydrogens is 528 g/mol. The van der Waals surface area contributed by atoms with Crippen molar-refractivity contribution in [1.29, 1.82) is 0 Å². The van der Waals surface area contributed by atoms with E-state index in [2.05, 4.69) is 53.5 Å². The zero-order chi connectivity index (χ0) is 29.0. The van der Waals surface area contributed by atoms with E-state index in [-0.39, 0.29) is 0 Å². The Hall–Kier alpha value is -5.81. The topological polar surface area (TPSA) is 76.8 Å². The summed E-state index contributed by atoms with van der Waals surface area (Å²) in [5.74, 6) is 1.59. The molecular formula is C38H28N4O. The van der Waals surface area contributed by atoms with Crippen molar-refractivity contribution in [1.82, 2.24) is 4.98 Å². The molecule has 0 aliphatic carbocycles. The van der Waals surface area contributed by atoms with Crippen molar-refractivity contribution >= 4 is 33.5 Å². The Morgan fingerprint density at radius 1 is 0.651 bits per heavy atom. The van der Waals surface area contributed by atoms with Crippen molar-refractivity contribution in [2.24, 2.45) is 15.7 Å². The Morgan fingerprint density at radius 3 is 2.12 bits per heavy atom. The molecule has 5 nitrogen and oxygen atoms in total. The molecule has 6 aromatic carbocycles. The van der Waals surface area contributed by atoms with Crippen LogP contribution in [0.25, 0.3) is 44.5 Å². The number of amidine groups is 2. The van der Waals surface area contributed by atoms with E-state index in [4.69, 9.17) is 20.1 Å². The first-order valence-electron chi connectivity index (χ1n) is 14.2. The normalized spacial score (nSPS) is 12.2. The first kappa shape index (κ1) is 26.1. The summed E-state index contributed by atoms with van der Waals surface area (Å²) >= 11 is 0. The van der Waals surface area contributed by atoms with Crippen molar-refractivity contribution in [2.45, 2.75) is 6.54 Å².